The van der Waals surface area contributed by atoms with Gasteiger partial charge in [-0.05, 0) is 18.8 Å². The lowest BCUT2D eigenvalue weighted by molar-refractivity contribution is -0.144. The van der Waals surface area contributed by atoms with Gasteiger partial charge in [-0.15, -0.1) is 0 Å². The number of carboxylic acids is 1. The van der Waals surface area contributed by atoms with Crippen LogP contribution in [0.15, 0.2) is 0 Å². The predicted molar refractivity (Wildman–Crippen MR) is 71.1 cm³/mol. The summed E-state index contributed by atoms with van der Waals surface area (Å²) in [6.45, 7) is 4.41. The molecule has 2 rings (SSSR count). The lowest BCUT2D eigenvalue weighted by Gasteiger charge is -2.37. The first-order valence-corrected chi connectivity index (χ1v) is 6.97. The van der Waals surface area contributed by atoms with E-state index in [4.69, 9.17) is 0 Å². The average Bonchev–Trinajstić information content (AvgIpc) is 3.18. The van der Waals surface area contributed by atoms with Crippen molar-refractivity contribution < 1.29 is 19.5 Å². The van der Waals surface area contributed by atoms with Gasteiger partial charge in [0.05, 0.1) is 0 Å². The summed E-state index contributed by atoms with van der Waals surface area (Å²) in [5.74, 6) is -1.09. The largest absolute Gasteiger partial charge is 0.480 e. The van der Waals surface area contributed by atoms with Gasteiger partial charge in [-0.25, -0.2) is 9.59 Å². The minimum Gasteiger partial charge on any atom is -0.480 e. The summed E-state index contributed by atoms with van der Waals surface area (Å²) in [5, 5.41) is 11.7. The monoisotopic (exact) mass is 283 g/mol. The van der Waals surface area contributed by atoms with Gasteiger partial charge in [0.1, 0.15) is 12.6 Å². The van der Waals surface area contributed by atoms with Crippen LogP contribution >= 0.6 is 0 Å². The number of carbonyl (C=O) groups is 3. The van der Waals surface area contributed by atoms with E-state index in [1.54, 1.807) is 4.90 Å². The lowest BCUT2D eigenvalue weighted by Crippen LogP contribution is -2.62. The summed E-state index contributed by atoms with van der Waals surface area (Å²) in [6.07, 6.45) is 1.91. The Labute approximate surface area is 117 Å². The van der Waals surface area contributed by atoms with E-state index in [9.17, 15) is 19.5 Å². The number of amides is 3. The van der Waals surface area contributed by atoms with Crippen LogP contribution in [-0.2, 0) is 9.59 Å². The standard InChI is InChI=1S/C13H21N3O4/c1-8(2)6-15(9-3-4-9)13(20)16-7-11(17)14-5-10(16)12(18)19/h8-10H,3-7H2,1-2H3,(H,14,17)(H,18,19). The first-order valence-electron chi connectivity index (χ1n) is 6.97. The molecule has 2 aliphatic rings. The van der Waals surface area contributed by atoms with Crippen molar-refractivity contribution in [2.75, 3.05) is 19.6 Å². The summed E-state index contributed by atoms with van der Waals surface area (Å²) < 4.78 is 0. The molecule has 0 aromatic rings. The molecule has 3 amide bonds. The van der Waals surface area contributed by atoms with E-state index in [0.717, 1.165) is 12.8 Å². The summed E-state index contributed by atoms with van der Waals surface area (Å²) in [5.41, 5.74) is 0. The third kappa shape index (κ3) is 3.20. The van der Waals surface area contributed by atoms with E-state index < -0.39 is 12.0 Å². The minimum atomic E-state index is -1.08. The summed E-state index contributed by atoms with van der Waals surface area (Å²) >= 11 is 0. The van der Waals surface area contributed by atoms with Crippen LogP contribution in [0.3, 0.4) is 0 Å². The molecule has 0 aromatic heterocycles. The van der Waals surface area contributed by atoms with Crippen molar-refractivity contribution in [2.24, 2.45) is 5.92 Å². The molecular formula is C13H21N3O4. The molecule has 1 unspecified atom stereocenters. The molecule has 1 saturated heterocycles. The topological polar surface area (TPSA) is 90.0 Å². The summed E-state index contributed by atoms with van der Waals surface area (Å²) in [6, 6.07) is -1.11. The highest BCUT2D eigenvalue weighted by Crippen LogP contribution is 2.29. The van der Waals surface area contributed by atoms with Crippen LogP contribution in [0, 0.1) is 5.92 Å². The van der Waals surface area contributed by atoms with Crippen LogP contribution in [-0.4, -0.2) is 64.5 Å². The Hall–Kier alpha value is -1.79. The number of aliphatic carboxylic acids is 1. The zero-order chi connectivity index (χ0) is 14.9. The maximum absolute atomic E-state index is 12.6. The van der Waals surface area contributed by atoms with Crippen molar-refractivity contribution in [2.45, 2.75) is 38.8 Å². The number of nitrogens with one attached hydrogen (secondary N) is 1. The molecule has 0 bridgehead atoms. The maximum atomic E-state index is 12.6. The highest BCUT2D eigenvalue weighted by atomic mass is 16.4. The van der Waals surface area contributed by atoms with Crippen LogP contribution < -0.4 is 5.32 Å². The quantitative estimate of drug-likeness (QED) is 0.766. The Morgan fingerprint density at radius 2 is 2.10 bits per heavy atom. The molecule has 112 valence electrons. The molecule has 20 heavy (non-hydrogen) atoms. The van der Waals surface area contributed by atoms with Gasteiger partial charge in [0.25, 0.3) is 0 Å². The van der Waals surface area contributed by atoms with Gasteiger partial charge >= 0.3 is 12.0 Å². The van der Waals surface area contributed by atoms with Gasteiger partial charge in [-0.3, -0.25) is 9.69 Å². The number of nitrogens with zero attached hydrogens (tertiary/aromatic N) is 2. The molecule has 1 aliphatic heterocycles. The van der Waals surface area contributed by atoms with Crippen LogP contribution in [0.25, 0.3) is 0 Å². The van der Waals surface area contributed by atoms with Crippen LogP contribution in [0.1, 0.15) is 26.7 Å². The number of carbonyl (C=O) groups excluding carboxylic acids is 2. The van der Waals surface area contributed by atoms with E-state index in [2.05, 4.69) is 5.32 Å². The minimum absolute atomic E-state index is 0.0277. The molecule has 2 N–H and O–H groups in total. The second-order valence-corrected chi connectivity index (χ2v) is 5.85. The highest BCUT2D eigenvalue weighted by molar-refractivity contribution is 5.90. The zero-order valence-electron chi connectivity index (χ0n) is 11.8. The van der Waals surface area contributed by atoms with Gasteiger partial charge < -0.3 is 15.3 Å². The van der Waals surface area contributed by atoms with Crippen molar-refractivity contribution in [3.05, 3.63) is 0 Å². The molecule has 7 heteroatoms. The van der Waals surface area contributed by atoms with E-state index in [1.165, 1.54) is 4.90 Å². The smallest absolute Gasteiger partial charge is 0.328 e. The van der Waals surface area contributed by atoms with Crippen molar-refractivity contribution in [1.82, 2.24) is 15.1 Å². The fraction of sp³-hybridized carbons (Fsp3) is 0.769. The van der Waals surface area contributed by atoms with Gasteiger partial charge in [0, 0.05) is 19.1 Å². The fourth-order valence-corrected chi connectivity index (χ4v) is 2.39. The molecule has 2 fully saturated rings. The molecule has 7 nitrogen and oxygen atoms in total. The van der Waals surface area contributed by atoms with Crippen molar-refractivity contribution >= 4 is 17.9 Å². The Morgan fingerprint density at radius 3 is 2.60 bits per heavy atom. The van der Waals surface area contributed by atoms with E-state index in [1.807, 2.05) is 13.8 Å². The molecule has 1 aliphatic carbocycles. The second kappa shape index (κ2) is 5.68. The number of carboxylic acid groups (broad SMARTS) is 1. The van der Waals surface area contributed by atoms with Gasteiger partial charge in [-0.2, -0.15) is 0 Å². The first kappa shape index (κ1) is 14.6. The van der Waals surface area contributed by atoms with Crippen molar-refractivity contribution in [3.63, 3.8) is 0 Å². The third-order valence-corrected chi connectivity index (χ3v) is 3.51. The van der Waals surface area contributed by atoms with E-state index in [0.29, 0.717) is 12.5 Å². The molecule has 0 spiro atoms. The number of piperazine rings is 1. The van der Waals surface area contributed by atoms with E-state index >= 15 is 0 Å². The normalized spacial score (nSPS) is 22.6. The van der Waals surface area contributed by atoms with Gasteiger partial charge in [0.15, 0.2) is 0 Å². The first-order chi connectivity index (χ1) is 9.40. The number of urea groups is 1. The number of hydrogen-bond acceptors (Lipinski definition) is 3. The molecule has 0 radical (unpaired) electrons. The summed E-state index contributed by atoms with van der Waals surface area (Å²) in [7, 11) is 0. The van der Waals surface area contributed by atoms with Crippen LogP contribution in [0.5, 0.6) is 0 Å². The van der Waals surface area contributed by atoms with Gasteiger partial charge in [0.2, 0.25) is 5.91 Å². The van der Waals surface area contributed by atoms with Gasteiger partial charge in [-0.1, -0.05) is 13.8 Å². The van der Waals surface area contributed by atoms with Crippen LogP contribution in [0.4, 0.5) is 4.79 Å². The lowest BCUT2D eigenvalue weighted by atomic mass is 10.1. The Bertz CT molecular complexity index is 420. The van der Waals surface area contributed by atoms with Crippen molar-refractivity contribution in [1.29, 1.82) is 0 Å². The molecular weight excluding hydrogens is 262 g/mol. The van der Waals surface area contributed by atoms with E-state index in [-0.39, 0.29) is 31.1 Å². The third-order valence-electron chi connectivity index (χ3n) is 3.51. The summed E-state index contributed by atoms with van der Waals surface area (Å²) in [4.78, 5) is 38.2. The predicted octanol–water partition coefficient (Wildman–Crippen LogP) is 0.112. The SMILES string of the molecule is CC(C)CN(C(=O)N1CC(=O)NCC1C(=O)O)C1CC1. The Kier molecular flexibility index (Phi) is 4.15. The van der Waals surface area contributed by atoms with Crippen LogP contribution in [0.2, 0.25) is 0 Å². The van der Waals surface area contributed by atoms with Crippen molar-refractivity contribution in [3.8, 4) is 0 Å². The fourth-order valence-electron chi connectivity index (χ4n) is 2.39. The Morgan fingerprint density at radius 1 is 1.45 bits per heavy atom. The molecule has 1 atom stereocenters. The molecule has 0 aromatic carbocycles. The highest BCUT2D eigenvalue weighted by Gasteiger charge is 2.41. The number of rotatable bonds is 4. The maximum Gasteiger partial charge on any atom is 0.328 e. The second-order valence-electron chi connectivity index (χ2n) is 5.85. The molecule has 1 heterocycles. The molecule has 1 saturated carbocycles. The Balaban J connectivity index is 2.14. The average molecular weight is 283 g/mol. The zero-order valence-corrected chi connectivity index (χ0v) is 11.8. The number of hydrogen-bond donors (Lipinski definition) is 2.